The average Bonchev–Trinajstić information content (AvgIpc) is 2.61. The van der Waals surface area contributed by atoms with Crippen LogP contribution in [0.3, 0.4) is 0 Å². The molecule has 0 aliphatic carbocycles. The minimum absolute atomic E-state index is 0.0200. The molecule has 0 atom stereocenters. The molecule has 3 heterocycles. The molecular formula is C15H19N7O2. The van der Waals surface area contributed by atoms with E-state index in [0.29, 0.717) is 25.0 Å². The van der Waals surface area contributed by atoms with Gasteiger partial charge in [0.2, 0.25) is 11.9 Å². The van der Waals surface area contributed by atoms with Crippen LogP contribution >= 0.6 is 0 Å². The van der Waals surface area contributed by atoms with Crippen LogP contribution in [0, 0.1) is 0 Å². The fourth-order valence-electron chi connectivity index (χ4n) is 2.50. The molecule has 1 aliphatic heterocycles. The van der Waals surface area contributed by atoms with E-state index < -0.39 is 5.97 Å². The topological polar surface area (TPSA) is 121 Å². The maximum Gasteiger partial charge on any atom is 0.341 e. The van der Waals surface area contributed by atoms with Gasteiger partial charge in [-0.1, -0.05) is 6.92 Å². The first-order valence-electron chi connectivity index (χ1n) is 7.75. The van der Waals surface area contributed by atoms with E-state index in [9.17, 15) is 4.79 Å². The van der Waals surface area contributed by atoms with Gasteiger partial charge in [-0.25, -0.2) is 19.7 Å². The van der Waals surface area contributed by atoms with Gasteiger partial charge in [-0.2, -0.15) is 4.98 Å². The number of carboxylic acids is 1. The maximum atomic E-state index is 11.0. The van der Waals surface area contributed by atoms with Crippen LogP contribution in [0.1, 0.15) is 22.8 Å². The predicted octanol–water partition coefficient (Wildman–Crippen LogP) is 0.436. The molecule has 9 nitrogen and oxygen atoms in total. The third-order valence-corrected chi connectivity index (χ3v) is 3.98. The summed E-state index contributed by atoms with van der Waals surface area (Å²) in [5, 5.41) is 8.97. The number of nitrogens with zero attached hydrogens (tertiary/aromatic N) is 6. The van der Waals surface area contributed by atoms with Crippen molar-refractivity contribution in [1.82, 2.24) is 19.9 Å². The fourth-order valence-corrected chi connectivity index (χ4v) is 2.50. The van der Waals surface area contributed by atoms with Crippen molar-refractivity contribution >= 4 is 23.7 Å². The zero-order valence-corrected chi connectivity index (χ0v) is 13.4. The van der Waals surface area contributed by atoms with Gasteiger partial charge in [-0.05, 0) is 12.0 Å². The Labute approximate surface area is 139 Å². The number of nitrogen functional groups attached to an aromatic ring is 1. The molecule has 2 aromatic heterocycles. The van der Waals surface area contributed by atoms with Crippen molar-refractivity contribution in [1.29, 1.82) is 0 Å². The molecule has 1 fully saturated rings. The van der Waals surface area contributed by atoms with Crippen molar-refractivity contribution < 1.29 is 9.90 Å². The Bertz CT molecular complexity index is 727. The second-order valence-corrected chi connectivity index (χ2v) is 5.49. The summed E-state index contributed by atoms with van der Waals surface area (Å²) in [7, 11) is 0. The number of hydrogen-bond donors (Lipinski definition) is 2. The number of nitrogens with two attached hydrogens (primary N) is 1. The van der Waals surface area contributed by atoms with Crippen molar-refractivity contribution in [2.75, 3.05) is 41.7 Å². The summed E-state index contributed by atoms with van der Waals surface area (Å²) < 4.78 is 0. The molecule has 0 unspecified atom stereocenters. The quantitative estimate of drug-likeness (QED) is 0.822. The fraction of sp³-hybridized carbons (Fsp3) is 0.400. The molecule has 9 heteroatoms. The minimum Gasteiger partial charge on any atom is -0.477 e. The van der Waals surface area contributed by atoms with Crippen molar-refractivity contribution in [2.24, 2.45) is 0 Å². The summed E-state index contributed by atoms with van der Waals surface area (Å²) in [4.78, 5) is 32.0. The third-order valence-electron chi connectivity index (χ3n) is 3.98. The first-order chi connectivity index (χ1) is 11.6. The van der Waals surface area contributed by atoms with Gasteiger partial charge in [0.1, 0.15) is 11.4 Å². The number of aryl methyl sites for hydroxylation is 1. The molecule has 0 radical (unpaired) electrons. The van der Waals surface area contributed by atoms with E-state index in [2.05, 4.69) is 31.8 Å². The van der Waals surface area contributed by atoms with Crippen LogP contribution in [0.15, 0.2) is 18.6 Å². The van der Waals surface area contributed by atoms with Crippen molar-refractivity contribution in [3.63, 3.8) is 0 Å². The average molecular weight is 329 g/mol. The van der Waals surface area contributed by atoms with Gasteiger partial charge in [-0.3, -0.25) is 0 Å². The molecule has 3 rings (SSSR count). The smallest absolute Gasteiger partial charge is 0.341 e. The Morgan fingerprint density at radius 3 is 2.12 bits per heavy atom. The molecule has 3 N–H and O–H groups in total. The van der Waals surface area contributed by atoms with Gasteiger partial charge in [0, 0.05) is 44.8 Å². The molecule has 0 saturated carbocycles. The zero-order chi connectivity index (χ0) is 17.1. The largest absolute Gasteiger partial charge is 0.477 e. The number of aromatic carboxylic acids is 1. The first-order valence-corrected chi connectivity index (χ1v) is 7.75. The van der Waals surface area contributed by atoms with Gasteiger partial charge in [0.05, 0.1) is 0 Å². The van der Waals surface area contributed by atoms with Crippen molar-refractivity contribution in [3.05, 3.63) is 29.7 Å². The third kappa shape index (κ3) is 3.19. The molecule has 0 bridgehead atoms. The van der Waals surface area contributed by atoms with E-state index in [4.69, 9.17) is 10.8 Å². The number of carboxylic acid groups (broad SMARTS) is 1. The van der Waals surface area contributed by atoms with Crippen molar-refractivity contribution in [3.8, 4) is 0 Å². The maximum absolute atomic E-state index is 11.0. The molecular weight excluding hydrogens is 310 g/mol. The second kappa shape index (κ2) is 6.65. The number of carbonyl (C=O) groups is 1. The number of hydrogen-bond acceptors (Lipinski definition) is 8. The monoisotopic (exact) mass is 329 g/mol. The van der Waals surface area contributed by atoms with Gasteiger partial charge < -0.3 is 20.6 Å². The molecule has 1 aliphatic rings. The SMILES string of the molecule is CCc1cnc(N2CCN(c3ncc(C(=O)O)c(N)n3)CC2)nc1. The number of anilines is 3. The molecule has 0 amide bonds. The van der Waals surface area contributed by atoms with E-state index in [1.54, 1.807) is 0 Å². The summed E-state index contributed by atoms with van der Waals surface area (Å²) in [5.74, 6) is 0.0119. The molecule has 2 aromatic rings. The van der Waals surface area contributed by atoms with Crippen LogP contribution < -0.4 is 15.5 Å². The lowest BCUT2D eigenvalue weighted by Crippen LogP contribution is -2.47. The van der Waals surface area contributed by atoms with E-state index in [1.165, 1.54) is 6.20 Å². The Morgan fingerprint density at radius 1 is 1.08 bits per heavy atom. The normalized spacial score (nSPS) is 14.7. The summed E-state index contributed by atoms with van der Waals surface area (Å²) in [6.45, 7) is 4.90. The van der Waals surface area contributed by atoms with E-state index >= 15 is 0 Å². The lowest BCUT2D eigenvalue weighted by atomic mass is 10.3. The van der Waals surface area contributed by atoms with Crippen LogP contribution in [-0.4, -0.2) is 57.2 Å². The molecule has 24 heavy (non-hydrogen) atoms. The standard InChI is InChI=1S/C15H19N7O2/c1-2-10-7-17-14(18-8-10)21-3-5-22(6-4-21)15-19-9-11(13(23)24)12(16)20-15/h7-9H,2-6H2,1H3,(H,23,24)(H2,16,19,20). The van der Waals surface area contributed by atoms with E-state index in [1.807, 2.05) is 17.3 Å². The van der Waals surface area contributed by atoms with Gasteiger partial charge in [0.25, 0.3) is 0 Å². The van der Waals surface area contributed by atoms with E-state index in [-0.39, 0.29) is 11.4 Å². The van der Waals surface area contributed by atoms with Crippen LogP contribution in [0.25, 0.3) is 0 Å². The van der Waals surface area contributed by atoms with Crippen molar-refractivity contribution in [2.45, 2.75) is 13.3 Å². The molecule has 0 spiro atoms. The van der Waals surface area contributed by atoms with Gasteiger partial charge in [0.15, 0.2) is 0 Å². The summed E-state index contributed by atoms with van der Waals surface area (Å²) in [5.41, 5.74) is 6.71. The minimum atomic E-state index is -1.13. The Balaban J connectivity index is 1.66. The van der Waals surface area contributed by atoms with Crippen LogP contribution in [0.5, 0.6) is 0 Å². The summed E-state index contributed by atoms with van der Waals surface area (Å²) in [6.07, 6.45) is 5.87. The zero-order valence-electron chi connectivity index (χ0n) is 13.4. The highest BCUT2D eigenvalue weighted by molar-refractivity contribution is 5.92. The highest BCUT2D eigenvalue weighted by atomic mass is 16.4. The molecule has 126 valence electrons. The second-order valence-electron chi connectivity index (χ2n) is 5.49. The lowest BCUT2D eigenvalue weighted by molar-refractivity contribution is 0.0697. The number of rotatable bonds is 4. The Kier molecular flexibility index (Phi) is 4.41. The predicted molar refractivity (Wildman–Crippen MR) is 89.2 cm³/mol. The summed E-state index contributed by atoms with van der Waals surface area (Å²) in [6, 6.07) is 0. The Hall–Kier alpha value is -2.97. The molecule has 1 saturated heterocycles. The van der Waals surface area contributed by atoms with Gasteiger partial charge >= 0.3 is 5.97 Å². The highest BCUT2D eigenvalue weighted by Gasteiger charge is 2.22. The summed E-state index contributed by atoms with van der Waals surface area (Å²) >= 11 is 0. The lowest BCUT2D eigenvalue weighted by Gasteiger charge is -2.34. The van der Waals surface area contributed by atoms with Crippen LogP contribution in [-0.2, 0) is 6.42 Å². The number of aromatic nitrogens is 4. The Morgan fingerprint density at radius 2 is 1.62 bits per heavy atom. The van der Waals surface area contributed by atoms with Crippen LogP contribution in [0.4, 0.5) is 17.7 Å². The van der Waals surface area contributed by atoms with Gasteiger partial charge in [-0.15, -0.1) is 0 Å². The van der Waals surface area contributed by atoms with E-state index in [0.717, 1.165) is 25.1 Å². The number of piperazine rings is 1. The first kappa shape index (κ1) is 15.9. The molecule has 0 aromatic carbocycles. The highest BCUT2D eigenvalue weighted by Crippen LogP contribution is 2.17. The van der Waals surface area contributed by atoms with Crippen LogP contribution in [0.2, 0.25) is 0 Å².